The van der Waals surface area contributed by atoms with E-state index in [-0.39, 0.29) is 0 Å². The second kappa shape index (κ2) is 11.6. The standard InChI is InChI=1S/C48H34N2/c1-3-13-35(14-4-1)46-31-41-20-19-40(30-48(41)50(46)44-25-22-34-12-8-10-18-38(34)29-44)39-23-26-45-42(27-39)32-47(36-15-5-2-6-16-36)49(45)43-24-21-33-11-7-9-17-37(33)28-43/h1-18,21-32H,19-20H2. The average molecular weight is 639 g/mol. The fraction of sp³-hybridized carbons (Fsp3) is 0.0417. The van der Waals surface area contributed by atoms with Crippen molar-refractivity contribution in [2.24, 2.45) is 0 Å². The van der Waals surface area contributed by atoms with Gasteiger partial charge in [0.2, 0.25) is 0 Å². The minimum absolute atomic E-state index is 1.01. The van der Waals surface area contributed by atoms with Crippen LogP contribution in [-0.4, -0.2) is 9.13 Å². The van der Waals surface area contributed by atoms with Crippen LogP contribution in [0.5, 0.6) is 0 Å². The van der Waals surface area contributed by atoms with Crippen LogP contribution in [0.3, 0.4) is 0 Å². The number of hydrogen-bond acceptors (Lipinski definition) is 0. The lowest BCUT2D eigenvalue weighted by Gasteiger charge is -2.19. The molecule has 1 aliphatic rings. The van der Waals surface area contributed by atoms with Gasteiger partial charge in [-0.05, 0) is 117 Å². The maximum absolute atomic E-state index is 2.47. The molecule has 236 valence electrons. The Hall–Kier alpha value is -6.38. The van der Waals surface area contributed by atoms with Gasteiger partial charge in [-0.1, -0.05) is 127 Å². The summed E-state index contributed by atoms with van der Waals surface area (Å²) in [4.78, 5) is 0. The topological polar surface area (TPSA) is 9.86 Å². The van der Waals surface area contributed by atoms with Crippen LogP contribution in [0.15, 0.2) is 176 Å². The summed E-state index contributed by atoms with van der Waals surface area (Å²) in [5, 5.41) is 6.25. The predicted molar refractivity (Wildman–Crippen MR) is 211 cm³/mol. The largest absolute Gasteiger partial charge is 0.310 e. The summed E-state index contributed by atoms with van der Waals surface area (Å²) in [5.41, 5.74) is 13.8. The molecule has 0 spiro atoms. The molecule has 0 saturated carbocycles. The van der Waals surface area contributed by atoms with Crippen molar-refractivity contribution < 1.29 is 0 Å². The van der Waals surface area contributed by atoms with E-state index >= 15 is 0 Å². The molecule has 0 fully saturated rings. The number of fused-ring (bicyclic) bond motifs is 4. The molecule has 1 aliphatic carbocycles. The smallest absolute Gasteiger partial charge is 0.0540 e. The first-order chi connectivity index (χ1) is 24.8. The van der Waals surface area contributed by atoms with Gasteiger partial charge < -0.3 is 9.13 Å². The summed E-state index contributed by atoms with van der Waals surface area (Å²) in [6.07, 6.45) is 4.46. The number of hydrogen-bond donors (Lipinski definition) is 0. The van der Waals surface area contributed by atoms with E-state index < -0.39 is 0 Å². The third-order valence-corrected chi connectivity index (χ3v) is 10.4. The van der Waals surface area contributed by atoms with Gasteiger partial charge in [0.25, 0.3) is 0 Å². The Balaban J connectivity index is 1.13. The first kappa shape index (κ1) is 28.6. The van der Waals surface area contributed by atoms with E-state index in [1.54, 1.807) is 0 Å². The maximum Gasteiger partial charge on any atom is 0.0540 e. The molecular formula is C48H34N2. The molecule has 0 radical (unpaired) electrons. The van der Waals surface area contributed by atoms with Gasteiger partial charge in [0.1, 0.15) is 0 Å². The Labute approximate surface area is 291 Å². The molecule has 0 N–H and O–H groups in total. The maximum atomic E-state index is 2.47. The Morgan fingerprint density at radius 3 is 1.56 bits per heavy atom. The lowest BCUT2D eigenvalue weighted by molar-refractivity contribution is 0.973. The summed E-state index contributed by atoms with van der Waals surface area (Å²) in [7, 11) is 0. The summed E-state index contributed by atoms with van der Waals surface area (Å²) in [5.74, 6) is 0. The number of aromatic nitrogens is 2. The molecule has 2 heteroatoms. The van der Waals surface area contributed by atoms with Crippen molar-refractivity contribution >= 4 is 44.1 Å². The second-order valence-electron chi connectivity index (χ2n) is 13.4. The molecule has 0 atom stereocenters. The lowest BCUT2D eigenvalue weighted by Crippen LogP contribution is -2.04. The molecule has 0 amide bonds. The van der Waals surface area contributed by atoms with Gasteiger partial charge in [-0.3, -0.25) is 0 Å². The van der Waals surface area contributed by atoms with Crippen LogP contribution in [0.4, 0.5) is 0 Å². The fourth-order valence-electron chi connectivity index (χ4n) is 7.91. The van der Waals surface area contributed by atoms with E-state index in [4.69, 9.17) is 0 Å². The van der Waals surface area contributed by atoms with Crippen LogP contribution >= 0.6 is 0 Å². The fourth-order valence-corrected chi connectivity index (χ4v) is 7.91. The van der Waals surface area contributed by atoms with Crippen LogP contribution in [0.2, 0.25) is 0 Å². The van der Waals surface area contributed by atoms with Crippen molar-refractivity contribution in [2.45, 2.75) is 12.8 Å². The van der Waals surface area contributed by atoms with Crippen molar-refractivity contribution in [1.29, 1.82) is 0 Å². The average Bonchev–Trinajstić information content (AvgIpc) is 3.77. The molecule has 2 aromatic heterocycles. The summed E-state index contributed by atoms with van der Waals surface area (Å²) in [6, 6.07) is 64.3. The van der Waals surface area contributed by atoms with Crippen LogP contribution < -0.4 is 0 Å². The van der Waals surface area contributed by atoms with Gasteiger partial charge in [0, 0.05) is 22.5 Å². The molecule has 7 aromatic carbocycles. The number of rotatable bonds is 5. The van der Waals surface area contributed by atoms with Gasteiger partial charge in [-0.25, -0.2) is 0 Å². The van der Waals surface area contributed by atoms with Gasteiger partial charge in [0.15, 0.2) is 0 Å². The minimum Gasteiger partial charge on any atom is -0.310 e. The molecule has 10 rings (SSSR count). The highest BCUT2D eigenvalue weighted by molar-refractivity contribution is 5.95. The van der Waals surface area contributed by atoms with Crippen LogP contribution in [0.25, 0.3) is 78.0 Å². The van der Waals surface area contributed by atoms with E-state index in [9.17, 15) is 0 Å². The number of aryl methyl sites for hydroxylation is 1. The molecule has 2 heterocycles. The summed E-state index contributed by atoms with van der Waals surface area (Å²) in [6.45, 7) is 0. The van der Waals surface area contributed by atoms with Crippen molar-refractivity contribution in [3.8, 4) is 33.9 Å². The highest BCUT2D eigenvalue weighted by atomic mass is 15.0. The first-order valence-corrected chi connectivity index (χ1v) is 17.5. The van der Waals surface area contributed by atoms with Gasteiger partial charge in [-0.15, -0.1) is 0 Å². The Kier molecular flexibility index (Phi) is 6.67. The summed E-state index contributed by atoms with van der Waals surface area (Å²) >= 11 is 0. The quantitative estimate of drug-likeness (QED) is 0.178. The van der Waals surface area contributed by atoms with Crippen molar-refractivity contribution in [3.05, 3.63) is 193 Å². The molecule has 0 unspecified atom stereocenters. The number of allylic oxidation sites excluding steroid dienone is 1. The molecule has 0 aliphatic heterocycles. The zero-order chi connectivity index (χ0) is 33.0. The van der Waals surface area contributed by atoms with E-state index in [0.29, 0.717) is 0 Å². The van der Waals surface area contributed by atoms with Gasteiger partial charge in [-0.2, -0.15) is 0 Å². The third kappa shape index (κ3) is 4.80. The second-order valence-corrected chi connectivity index (χ2v) is 13.4. The van der Waals surface area contributed by atoms with Crippen LogP contribution in [-0.2, 0) is 6.42 Å². The van der Waals surface area contributed by atoms with Crippen molar-refractivity contribution in [1.82, 2.24) is 9.13 Å². The number of benzene rings is 7. The molecule has 9 aromatic rings. The molecule has 50 heavy (non-hydrogen) atoms. The Morgan fingerprint density at radius 1 is 0.360 bits per heavy atom. The lowest BCUT2D eigenvalue weighted by atomic mass is 9.91. The molecule has 2 nitrogen and oxygen atoms in total. The molecule has 0 bridgehead atoms. The first-order valence-electron chi connectivity index (χ1n) is 17.5. The van der Waals surface area contributed by atoms with E-state index in [0.717, 1.165) is 12.8 Å². The SMILES string of the molecule is C1=C(c2ccc3c(c2)cc(-c2ccccc2)n3-c2ccc3ccccc3c2)CCc2cc(-c3ccccc3)n(-c3ccc4ccccc4c3)c21. The third-order valence-electron chi connectivity index (χ3n) is 10.4. The minimum atomic E-state index is 1.01. The number of nitrogens with zero attached hydrogens (tertiary/aromatic N) is 2. The highest BCUT2D eigenvalue weighted by Crippen LogP contribution is 2.40. The molecule has 0 saturated heterocycles. The van der Waals surface area contributed by atoms with E-state index in [2.05, 4.69) is 191 Å². The van der Waals surface area contributed by atoms with E-state index in [1.807, 2.05) is 0 Å². The monoisotopic (exact) mass is 638 g/mol. The van der Waals surface area contributed by atoms with Crippen molar-refractivity contribution in [2.75, 3.05) is 0 Å². The van der Waals surface area contributed by atoms with Gasteiger partial charge in [0.05, 0.1) is 16.9 Å². The zero-order valence-electron chi connectivity index (χ0n) is 27.6. The Bertz CT molecular complexity index is 2740. The predicted octanol–water partition coefficient (Wildman–Crippen LogP) is 12.5. The normalized spacial score (nSPS) is 12.8. The van der Waals surface area contributed by atoms with Crippen LogP contribution in [0, 0.1) is 0 Å². The zero-order valence-corrected chi connectivity index (χ0v) is 27.6. The molecular weight excluding hydrogens is 605 g/mol. The van der Waals surface area contributed by atoms with Gasteiger partial charge >= 0.3 is 0 Å². The Morgan fingerprint density at radius 2 is 0.920 bits per heavy atom. The summed E-state index contributed by atoms with van der Waals surface area (Å²) < 4.78 is 4.89. The van der Waals surface area contributed by atoms with E-state index in [1.165, 1.54) is 88.7 Å². The van der Waals surface area contributed by atoms with Crippen molar-refractivity contribution in [3.63, 3.8) is 0 Å². The van der Waals surface area contributed by atoms with Crippen LogP contribution in [0.1, 0.15) is 23.2 Å². The highest BCUT2D eigenvalue weighted by Gasteiger charge is 2.22.